The van der Waals surface area contributed by atoms with E-state index in [-0.39, 0.29) is 17.2 Å². The van der Waals surface area contributed by atoms with Gasteiger partial charge in [-0.15, -0.1) is 0 Å². The molecule has 1 amide bonds. The number of aromatic amines is 2. The highest BCUT2D eigenvalue weighted by molar-refractivity contribution is 5.97. The molecule has 0 aliphatic rings. The fourth-order valence-electron chi connectivity index (χ4n) is 3.42. The van der Waals surface area contributed by atoms with Crippen LogP contribution in [0.2, 0.25) is 0 Å². The van der Waals surface area contributed by atoms with E-state index in [9.17, 15) is 9.59 Å². The normalized spacial score (nSPS) is 11.4. The van der Waals surface area contributed by atoms with E-state index < -0.39 is 0 Å². The highest BCUT2D eigenvalue weighted by atomic mass is 16.1. The van der Waals surface area contributed by atoms with Gasteiger partial charge in [0.1, 0.15) is 0 Å². The number of imidazole rings is 1. The zero-order chi connectivity index (χ0) is 21.1. The number of carbonyl (C=O) groups excluding carboxylic acids is 1. The van der Waals surface area contributed by atoms with Gasteiger partial charge in [-0.2, -0.15) is 0 Å². The first-order valence-corrected chi connectivity index (χ1v) is 10.1. The number of aromatic nitrogens is 4. The molecule has 0 unspecified atom stereocenters. The number of H-pyrrole nitrogens is 2. The summed E-state index contributed by atoms with van der Waals surface area (Å²) in [4.78, 5) is 42.1. The fraction of sp³-hybridized carbons (Fsp3) is 0.273. The average molecular weight is 404 g/mol. The lowest BCUT2D eigenvalue weighted by Crippen LogP contribution is -2.34. The zero-order valence-electron chi connectivity index (χ0n) is 17.0. The minimum Gasteiger partial charge on any atom is -0.351 e. The maximum absolute atomic E-state index is 12.5. The Hall–Kier alpha value is -3.52. The molecular weight excluding hydrogens is 380 g/mol. The molecular formula is C22H24N6O2. The van der Waals surface area contributed by atoms with Gasteiger partial charge in [0.2, 0.25) is 0 Å². The van der Waals surface area contributed by atoms with Crippen LogP contribution in [0.3, 0.4) is 0 Å². The molecule has 3 N–H and O–H groups in total. The molecule has 2 aromatic heterocycles. The second-order valence-electron chi connectivity index (χ2n) is 7.03. The van der Waals surface area contributed by atoms with Gasteiger partial charge in [0.15, 0.2) is 11.5 Å². The Balaban J connectivity index is 1.58. The van der Waals surface area contributed by atoms with Crippen LogP contribution in [0.25, 0.3) is 33.6 Å². The second-order valence-corrected chi connectivity index (χ2v) is 7.03. The molecule has 0 aliphatic heterocycles. The van der Waals surface area contributed by atoms with Gasteiger partial charge < -0.3 is 20.2 Å². The number of fused-ring (bicyclic) bond motifs is 2. The Kier molecular flexibility index (Phi) is 5.58. The first-order chi connectivity index (χ1) is 14.6. The van der Waals surface area contributed by atoms with Crippen LogP contribution >= 0.6 is 0 Å². The van der Waals surface area contributed by atoms with Crippen molar-refractivity contribution < 1.29 is 4.79 Å². The first kappa shape index (κ1) is 19.8. The predicted octanol–water partition coefficient (Wildman–Crippen LogP) is 2.54. The standard InChI is InChI=1S/C22H24N6O2/c1-3-28(4-2)12-11-23-21(29)14-9-10-17-18(13-14)26-20(25-17)19-22(30)27-16-8-6-5-7-15(16)24-19/h5-10,13H,3-4,11-12H2,1-2H3,(H,23,29)(H,25,26)(H,27,30). The number of hydrogen-bond donors (Lipinski definition) is 3. The quantitative estimate of drug-likeness (QED) is 0.439. The lowest BCUT2D eigenvalue weighted by Gasteiger charge is -2.17. The van der Waals surface area contributed by atoms with Crippen molar-refractivity contribution in [3.63, 3.8) is 0 Å². The average Bonchev–Trinajstić information content (AvgIpc) is 3.19. The Bertz CT molecular complexity index is 1260. The third-order valence-corrected chi connectivity index (χ3v) is 5.18. The van der Waals surface area contributed by atoms with Crippen LogP contribution < -0.4 is 10.9 Å². The zero-order valence-corrected chi connectivity index (χ0v) is 17.0. The molecule has 0 saturated heterocycles. The van der Waals surface area contributed by atoms with Crippen molar-refractivity contribution in [2.24, 2.45) is 0 Å². The summed E-state index contributed by atoms with van der Waals surface area (Å²) in [5.74, 6) is 0.234. The lowest BCUT2D eigenvalue weighted by molar-refractivity contribution is 0.0949. The van der Waals surface area contributed by atoms with Crippen LogP contribution in [-0.2, 0) is 0 Å². The molecule has 0 atom stereocenters. The Labute approximate surface area is 173 Å². The van der Waals surface area contributed by atoms with Gasteiger partial charge in [-0.25, -0.2) is 9.97 Å². The molecule has 8 heteroatoms. The number of nitrogens with one attached hydrogen (secondary N) is 3. The van der Waals surface area contributed by atoms with Crippen LogP contribution in [0.1, 0.15) is 24.2 Å². The van der Waals surface area contributed by atoms with E-state index in [1.54, 1.807) is 24.3 Å². The SMILES string of the molecule is CCN(CC)CCNC(=O)c1ccc2nc(-c3nc4ccccc4[nH]c3=O)[nH]c2c1. The Morgan fingerprint density at radius 2 is 1.77 bits per heavy atom. The number of para-hydroxylation sites is 2. The third-order valence-electron chi connectivity index (χ3n) is 5.18. The number of rotatable bonds is 7. The summed E-state index contributed by atoms with van der Waals surface area (Å²) in [6.45, 7) is 7.51. The van der Waals surface area contributed by atoms with Crippen LogP contribution in [0.15, 0.2) is 47.3 Å². The summed E-state index contributed by atoms with van der Waals surface area (Å²) in [5, 5.41) is 2.95. The number of amides is 1. The van der Waals surface area contributed by atoms with Gasteiger partial charge in [0, 0.05) is 18.7 Å². The van der Waals surface area contributed by atoms with E-state index in [0.717, 1.165) is 19.6 Å². The van der Waals surface area contributed by atoms with E-state index >= 15 is 0 Å². The number of hydrogen-bond acceptors (Lipinski definition) is 5. The van der Waals surface area contributed by atoms with Gasteiger partial charge in [-0.3, -0.25) is 9.59 Å². The van der Waals surface area contributed by atoms with Crippen molar-refractivity contribution in [2.75, 3.05) is 26.2 Å². The molecule has 4 rings (SSSR count). The highest BCUT2D eigenvalue weighted by Gasteiger charge is 2.14. The third kappa shape index (κ3) is 3.95. The Morgan fingerprint density at radius 1 is 1.00 bits per heavy atom. The van der Waals surface area contributed by atoms with Crippen molar-refractivity contribution in [3.8, 4) is 11.5 Å². The summed E-state index contributed by atoms with van der Waals surface area (Å²) in [6, 6.07) is 12.6. The molecule has 2 heterocycles. The van der Waals surface area contributed by atoms with Crippen molar-refractivity contribution in [2.45, 2.75) is 13.8 Å². The molecule has 154 valence electrons. The molecule has 0 radical (unpaired) electrons. The summed E-state index contributed by atoms with van der Waals surface area (Å²) < 4.78 is 0. The van der Waals surface area contributed by atoms with Gasteiger partial charge in [-0.1, -0.05) is 26.0 Å². The molecule has 30 heavy (non-hydrogen) atoms. The maximum Gasteiger partial charge on any atom is 0.278 e. The fourth-order valence-corrected chi connectivity index (χ4v) is 3.42. The van der Waals surface area contributed by atoms with E-state index in [2.05, 4.69) is 44.0 Å². The topological polar surface area (TPSA) is 107 Å². The summed E-state index contributed by atoms with van der Waals surface area (Å²) in [7, 11) is 0. The predicted molar refractivity (Wildman–Crippen MR) is 118 cm³/mol. The number of nitrogens with zero attached hydrogens (tertiary/aromatic N) is 3. The van der Waals surface area contributed by atoms with Crippen LogP contribution in [0.5, 0.6) is 0 Å². The van der Waals surface area contributed by atoms with E-state index in [0.29, 0.717) is 40.0 Å². The van der Waals surface area contributed by atoms with Crippen molar-refractivity contribution in [1.29, 1.82) is 0 Å². The monoisotopic (exact) mass is 404 g/mol. The first-order valence-electron chi connectivity index (χ1n) is 10.1. The minimum atomic E-state index is -0.317. The lowest BCUT2D eigenvalue weighted by atomic mass is 10.2. The molecule has 2 aromatic carbocycles. The molecule has 0 spiro atoms. The van der Waals surface area contributed by atoms with E-state index in [1.807, 2.05) is 18.2 Å². The van der Waals surface area contributed by atoms with Gasteiger partial charge >= 0.3 is 0 Å². The van der Waals surface area contributed by atoms with Crippen molar-refractivity contribution in [1.82, 2.24) is 30.2 Å². The van der Waals surface area contributed by atoms with Gasteiger partial charge in [-0.05, 0) is 43.4 Å². The smallest absolute Gasteiger partial charge is 0.278 e. The molecule has 0 aliphatic carbocycles. The van der Waals surface area contributed by atoms with Crippen LogP contribution in [-0.4, -0.2) is 56.9 Å². The highest BCUT2D eigenvalue weighted by Crippen LogP contribution is 2.19. The molecule has 4 aromatic rings. The summed E-state index contributed by atoms with van der Waals surface area (Å²) in [6.07, 6.45) is 0. The van der Waals surface area contributed by atoms with Crippen molar-refractivity contribution in [3.05, 3.63) is 58.4 Å². The second kappa shape index (κ2) is 8.46. The molecule has 0 fully saturated rings. The number of benzene rings is 2. The minimum absolute atomic E-state index is 0.137. The molecule has 0 saturated carbocycles. The molecule has 8 nitrogen and oxygen atoms in total. The molecule has 0 bridgehead atoms. The summed E-state index contributed by atoms with van der Waals surface area (Å²) >= 11 is 0. The maximum atomic E-state index is 12.5. The Morgan fingerprint density at radius 3 is 2.57 bits per heavy atom. The van der Waals surface area contributed by atoms with Crippen molar-refractivity contribution >= 4 is 28.0 Å². The van der Waals surface area contributed by atoms with E-state index in [4.69, 9.17) is 0 Å². The van der Waals surface area contributed by atoms with Crippen LogP contribution in [0.4, 0.5) is 0 Å². The van der Waals surface area contributed by atoms with E-state index in [1.165, 1.54) is 0 Å². The largest absolute Gasteiger partial charge is 0.351 e. The van der Waals surface area contributed by atoms with Gasteiger partial charge in [0.25, 0.3) is 11.5 Å². The number of carbonyl (C=O) groups is 1. The summed E-state index contributed by atoms with van der Waals surface area (Å²) in [5.41, 5.74) is 3.14. The van der Waals surface area contributed by atoms with Gasteiger partial charge in [0.05, 0.1) is 22.1 Å². The number of likely N-dealkylation sites (N-methyl/N-ethyl adjacent to an activating group) is 1. The van der Waals surface area contributed by atoms with Crippen LogP contribution in [0, 0.1) is 0 Å².